The van der Waals surface area contributed by atoms with E-state index in [1.54, 1.807) is 0 Å². The van der Waals surface area contributed by atoms with Crippen molar-refractivity contribution in [2.24, 2.45) is 0 Å². The summed E-state index contributed by atoms with van der Waals surface area (Å²) < 4.78 is 21.3. The van der Waals surface area contributed by atoms with Crippen LogP contribution in [0.15, 0.2) is 18.2 Å². The number of halogens is 1. The number of hydrogen-bond acceptors (Lipinski definition) is 4. The monoisotopic (exact) mass is 419 g/mol. The molecule has 1 aromatic carbocycles. The van der Waals surface area contributed by atoms with Crippen molar-refractivity contribution < 1.29 is 23.6 Å². The Kier molecular flexibility index (Phi) is 9.57. The molecule has 2 rings (SSSR count). The van der Waals surface area contributed by atoms with Gasteiger partial charge in [-0.3, -0.25) is 4.52 Å². The average Bonchev–Trinajstić information content (AvgIpc) is 3.05. The number of ether oxygens (including phenoxy) is 1. The van der Waals surface area contributed by atoms with Gasteiger partial charge in [0.05, 0.1) is 11.6 Å². The molecule has 3 N–H and O–H groups in total. The lowest BCUT2D eigenvalue weighted by Crippen LogP contribution is -2.26. The molecule has 1 fully saturated rings. The van der Waals surface area contributed by atoms with Gasteiger partial charge in [-0.2, -0.15) is 0 Å². The lowest BCUT2D eigenvalue weighted by Gasteiger charge is -2.15. The number of phosphoric ester groups is 1. The van der Waals surface area contributed by atoms with Crippen LogP contribution in [0.4, 0.5) is 0 Å². The van der Waals surface area contributed by atoms with Gasteiger partial charge in [0.2, 0.25) is 0 Å². The van der Waals surface area contributed by atoms with Gasteiger partial charge in [-0.15, -0.1) is 0 Å². The molecule has 0 unspecified atom stereocenters. The molecule has 1 heterocycles. The summed E-state index contributed by atoms with van der Waals surface area (Å²) in [6, 6.07) is 5.80. The van der Waals surface area contributed by atoms with Crippen molar-refractivity contribution in [3.8, 4) is 5.75 Å². The van der Waals surface area contributed by atoms with Gasteiger partial charge in [0, 0.05) is 19.0 Å². The molecule has 0 spiro atoms. The summed E-state index contributed by atoms with van der Waals surface area (Å²) in [6.45, 7) is 2.77. The molecular weight excluding hydrogens is 389 g/mol. The number of benzene rings is 1. The van der Waals surface area contributed by atoms with E-state index in [1.807, 2.05) is 12.1 Å². The van der Waals surface area contributed by atoms with Crippen molar-refractivity contribution in [2.45, 2.75) is 70.4 Å². The topological polar surface area (TPSA) is 88.0 Å². The maximum atomic E-state index is 10.8. The Balaban J connectivity index is 1.73. The third-order valence-electron chi connectivity index (χ3n) is 4.73. The van der Waals surface area contributed by atoms with Crippen LogP contribution >= 0.6 is 19.4 Å². The van der Waals surface area contributed by atoms with Crippen molar-refractivity contribution in [1.29, 1.82) is 0 Å². The molecule has 6 nitrogen and oxygen atoms in total. The third-order valence-corrected chi connectivity index (χ3v) is 5.52. The van der Waals surface area contributed by atoms with Crippen molar-refractivity contribution >= 4 is 19.4 Å². The van der Waals surface area contributed by atoms with Gasteiger partial charge in [0.25, 0.3) is 0 Å². The van der Waals surface area contributed by atoms with Crippen LogP contribution in [0, 0.1) is 0 Å². The van der Waals surface area contributed by atoms with Gasteiger partial charge < -0.3 is 19.8 Å². The van der Waals surface area contributed by atoms with Gasteiger partial charge >= 0.3 is 7.82 Å². The lowest BCUT2D eigenvalue weighted by atomic mass is 10.0. The summed E-state index contributed by atoms with van der Waals surface area (Å²) in [7, 11) is -4.44. The summed E-state index contributed by atoms with van der Waals surface area (Å²) in [5.74, 6) is 0.645. The molecular formula is C19H31ClNO5P. The standard InChI is InChI=1S/C19H31ClNO5P/c1-2-3-4-5-6-7-8-15-9-10-19(18(20)11-15)26-17-12-16(21-13-17)14-25-27(22,23)24/h9-11,16-17,21H,2-8,12-14H2,1H3,(H2,22,23,24)/t16-,17-/m1/s1. The Labute approximate surface area is 166 Å². The Morgan fingerprint density at radius 1 is 1.22 bits per heavy atom. The van der Waals surface area contributed by atoms with Crippen LogP contribution in [0.3, 0.4) is 0 Å². The second-order valence-corrected chi connectivity index (χ2v) is 8.80. The average molecular weight is 420 g/mol. The smallest absolute Gasteiger partial charge is 0.469 e. The van der Waals surface area contributed by atoms with Crippen LogP contribution in [0.5, 0.6) is 5.75 Å². The number of unbranched alkanes of at least 4 members (excludes halogenated alkanes) is 5. The molecule has 1 aliphatic heterocycles. The van der Waals surface area contributed by atoms with Crippen LogP contribution < -0.4 is 10.1 Å². The summed E-state index contributed by atoms with van der Waals surface area (Å²) in [4.78, 5) is 17.5. The largest absolute Gasteiger partial charge is 0.487 e. The summed E-state index contributed by atoms with van der Waals surface area (Å²) in [6.07, 6.45) is 9.16. The van der Waals surface area contributed by atoms with E-state index < -0.39 is 7.82 Å². The number of phosphoric acid groups is 1. The number of hydrogen-bond donors (Lipinski definition) is 3. The second-order valence-electron chi connectivity index (χ2n) is 7.15. The molecule has 0 aliphatic carbocycles. The number of rotatable bonds is 12. The highest BCUT2D eigenvalue weighted by atomic mass is 35.5. The minimum Gasteiger partial charge on any atom is -0.487 e. The highest BCUT2D eigenvalue weighted by Crippen LogP contribution is 2.36. The zero-order chi connectivity index (χ0) is 19.7. The molecule has 8 heteroatoms. The van der Waals surface area contributed by atoms with Crippen LogP contribution in [-0.4, -0.2) is 35.1 Å². The molecule has 1 saturated heterocycles. The molecule has 1 aliphatic rings. The normalized spacial score (nSPS) is 20.1. The van der Waals surface area contributed by atoms with Crippen LogP contribution in [0.1, 0.15) is 57.4 Å². The van der Waals surface area contributed by atoms with E-state index in [9.17, 15) is 4.57 Å². The highest BCUT2D eigenvalue weighted by molar-refractivity contribution is 7.46. The molecule has 0 radical (unpaired) electrons. The fourth-order valence-electron chi connectivity index (χ4n) is 3.27. The van der Waals surface area contributed by atoms with Gasteiger partial charge in [0.1, 0.15) is 11.9 Å². The molecule has 154 valence electrons. The number of aryl methyl sites for hydroxylation is 1. The van der Waals surface area contributed by atoms with E-state index in [4.69, 9.17) is 26.1 Å². The maximum Gasteiger partial charge on any atom is 0.469 e. The molecule has 1 aromatic rings. The van der Waals surface area contributed by atoms with Gasteiger partial charge in [-0.1, -0.05) is 56.7 Å². The third kappa shape index (κ3) is 8.95. The zero-order valence-electron chi connectivity index (χ0n) is 15.9. The zero-order valence-corrected chi connectivity index (χ0v) is 17.6. The summed E-state index contributed by atoms with van der Waals surface area (Å²) >= 11 is 6.37. The van der Waals surface area contributed by atoms with Crippen molar-refractivity contribution in [3.05, 3.63) is 28.8 Å². The van der Waals surface area contributed by atoms with E-state index >= 15 is 0 Å². The molecule has 0 amide bonds. The van der Waals surface area contributed by atoms with Gasteiger partial charge in [0.15, 0.2) is 0 Å². The maximum absolute atomic E-state index is 10.8. The first-order chi connectivity index (χ1) is 12.9. The van der Waals surface area contributed by atoms with Crippen LogP contribution in [-0.2, 0) is 15.5 Å². The highest BCUT2D eigenvalue weighted by Gasteiger charge is 2.28. The Morgan fingerprint density at radius 3 is 2.67 bits per heavy atom. The first-order valence-electron chi connectivity index (χ1n) is 9.76. The van der Waals surface area contributed by atoms with Crippen molar-refractivity contribution in [2.75, 3.05) is 13.2 Å². The lowest BCUT2D eigenvalue weighted by molar-refractivity contribution is 0.173. The van der Waals surface area contributed by atoms with Crippen LogP contribution in [0.2, 0.25) is 5.02 Å². The first-order valence-corrected chi connectivity index (χ1v) is 11.7. The van der Waals surface area contributed by atoms with E-state index in [0.717, 1.165) is 6.42 Å². The SMILES string of the molecule is CCCCCCCCc1ccc(O[C@H]2CN[C@@H](COP(=O)(O)O)C2)c(Cl)c1. The van der Waals surface area contributed by atoms with E-state index in [0.29, 0.717) is 23.7 Å². The second kappa shape index (κ2) is 11.4. The first kappa shape index (κ1) is 22.7. The number of nitrogens with one attached hydrogen (secondary N) is 1. The Morgan fingerprint density at radius 2 is 1.96 bits per heavy atom. The van der Waals surface area contributed by atoms with E-state index in [-0.39, 0.29) is 18.8 Å². The minimum atomic E-state index is -4.44. The fraction of sp³-hybridized carbons (Fsp3) is 0.684. The predicted molar refractivity (Wildman–Crippen MR) is 107 cm³/mol. The predicted octanol–water partition coefficient (Wildman–Crippen LogP) is 4.46. The molecule has 27 heavy (non-hydrogen) atoms. The van der Waals surface area contributed by atoms with Gasteiger partial charge in [-0.25, -0.2) is 4.57 Å². The minimum absolute atomic E-state index is 0.0466. The molecule has 0 aromatic heterocycles. The van der Waals surface area contributed by atoms with E-state index in [2.05, 4.69) is 22.8 Å². The molecule has 0 bridgehead atoms. The van der Waals surface area contributed by atoms with Crippen molar-refractivity contribution in [3.63, 3.8) is 0 Å². The van der Waals surface area contributed by atoms with Crippen molar-refractivity contribution in [1.82, 2.24) is 5.32 Å². The van der Waals surface area contributed by atoms with Crippen LogP contribution in [0.25, 0.3) is 0 Å². The fourth-order valence-corrected chi connectivity index (χ4v) is 3.89. The van der Waals surface area contributed by atoms with E-state index in [1.165, 1.54) is 44.1 Å². The quantitative estimate of drug-likeness (QED) is 0.342. The summed E-state index contributed by atoms with van der Waals surface area (Å²) in [5, 5.41) is 3.75. The summed E-state index contributed by atoms with van der Waals surface area (Å²) in [5.41, 5.74) is 1.22. The Hall–Kier alpha value is -0.620. The molecule has 2 atom stereocenters. The Bertz CT molecular complexity index is 624. The molecule has 0 saturated carbocycles. The van der Waals surface area contributed by atoms with Gasteiger partial charge in [-0.05, 0) is 30.5 Å².